The molecular formula is C25H18FNO. The lowest BCUT2D eigenvalue weighted by Gasteiger charge is -2.25. The summed E-state index contributed by atoms with van der Waals surface area (Å²) < 4.78 is 13.8. The molecule has 2 nitrogen and oxygen atoms in total. The van der Waals surface area contributed by atoms with Crippen LogP contribution in [-0.2, 0) is 0 Å². The van der Waals surface area contributed by atoms with E-state index in [0.717, 1.165) is 22.6 Å². The largest absolute Gasteiger partial charge is 0.311 e. The van der Waals surface area contributed by atoms with Gasteiger partial charge in [-0.05, 0) is 65.7 Å². The molecular weight excluding hydrogens is 349 g/mol. The van der Waals surface area contributed by atoms with Crippen LogP contribution in [0, 0.1) is 5.82 Å². The number of halogens is 1. The van der Waals surface area contributed by atoms with Gasteiger partial charge in [-0.3, -0.25) is 4.79 Å². The van der Waals surface area contributed by atoms with Crippen LogP contribution in [0.4, 0.5) is 21.5 Å². The minimum atomic E-state index is -0.418. The van der Waals surface area contributed by atoms with Crippen molar-refractivity contribution in [2.75, 3.05) is 4.90 Å². The number of para-hydroxylation sites is 2. The molecule has 0 fully saturated rings. The van der Waals surface area contributed by atoms with Crippen molar-refractivity contribution in [2.45, 2.75) is 0 Å². The molecule has 0 aliphatic carbocycles. The Morgan fingerprint density at radius 3 is 1.68 bits per heavy atom. The molecule has 4 rings (SSSR count). The Bertz CT molecular complexity index is 1040. The van der Waals surface area contributed by atoms with Crippen LogP contribution >= 0.6 is 0 Å². The van der Waals surface area contributed by atoms with Crippen molar-refractivity contribution >= 4 is 23.3 Å². The molecule has 136 valence electrons. The predicted octanol–water partition coefficient (Wildman–Crippen LogP) is 6.78. The van der Waals surface area contributed by atoms with Crippen molar-refractivity contribution in [2.24, 2.45) is 0 Å². The summed E-state index contributed by atoms with van der Waals surface area (Å²) in [5.41, 5.74) is 4.96. The highest BCUT2D eigenvalue weighted by molar-refractivity contribution is 5.81. The number of rotatable bonds is 5. The fraction of sp³-hybridized carbons (Fsp3) is 0. The summed E-state index contributed by atoms with van der Waals surface area (Å²) in [6.07, 6.45) is 0.660. The van der Waals surface area contributed by atoms with Gasteiger partial charge in [0, 0.05) is 22.6 Å². The van der Waals surface area contributed by atoms with Gasteiger partial charge in [-0.25, -0.2) is 4.39 Å². The predicted molar refractivity (Wildman–Crippen MR) is 112 cm³/mol. The number of anilines is 3. The van der Waals surface area contributed by atoms with Crippen molar-refractivity contribution in [3.63, 3.8) is 0 Å². The molecule has 28 heavy (non-hydrogen) atoms. The van der Waals surface area contributed by atoms with Crippen molar-refractivity contribution in [1.82, 2.24) is 0 Å². The molecule has 0 radical (unpaired) electrons. The second kappa shape index (κ2) is 7.89. The van der Waals surface area contributed by atoms with Crippen LogP contribution in [0.3, 0.4) is 0 Å². The summed E-state index contributed by atoms with van der Waals surface area (Å²) in [5.74, 6) is -0.418. The average Bonchev–Trinajstić information content (AvgIpc) is 2.75. The van der Waals surface area contributed by atoms with Crippen LogP contribution in [0.1, 0.15) is 10.4 Å². The number of hydrogen-bond donors (Lipinski definition) is 0. The number of hydrogen-bond acceptors (Lipinski definition) is 2. The fourth-order valence-electron chi connectivity index (χ4n) is 3.25. The Labute approximate surface area is 163 Å². The van der Waals surface area contributed by atoms with Crippen LogP contribution < -0.4 is 4.90 Å². The molecule has 0 saturated heterocycles. The monoisotopic (exact) mass is 367 g/mol. The fourth-order valence-corrected chi connectivity index (χ4v) is 3.25. The van der Waals surface area contributed by atoms with Gasteiger partial charge in [0.15, 0.2) is 0 Å². The molecule has 4 aromatic rings. The first kappa shape index (κ1) is 17.7. The van der Waals surface area contributed by atoms with Crippen LogP contribution in [0.25, 0.3) is 11.1 Å². The lowest BCUT2D eigenvalue weighted by atomic mass is 10.0. The number of carbonyl (C=O) groups excluding carboxylic acids is 1. The Kier molecular flexibility index (Phi) is 4.98. The van der Waals surface area contributed by atoms with Crippen LogP contribution in [0.5, 0.6) is 0 Å². The molecule has 0 aliphatic rings. The average molecular weight is 367 g/mol. The van der Waals surface area contributed by atoms with Crippen molar-refractivity contribution in [3.05, 3.63) is 115 Å². The first-order valence-corrected chi connectivity index (χ1v) is 9.01. The zero-order chi connectivity index (χ0) is 19.3. The standard InChI is InChI=1S/C25H18FNO/c26-22-16-19(18-28)15-21(17-22)20-11-13-25(14-12-20)27(23-7-3-1-4-8-23)24-9-5-2-6-10-24/h1-18H. The van der Waals surface area contributed by atoms with Gasteiger partial charge in [-0.2, -0.15) is 0 Å². The molecule has 4 aromatic carbocycles. The highest BCUT2D eigenvalue weighted by Crippen LogP contribution is 2.35. The van der Waals surface area contributed by atoms with Gasteiger partial charge in [0.1, 0.15) is 12.1 Å². The first-order chi connectivity index (χ1) is 13.7. The lowest BCUT2D eigenvalue weighted by Crippen LogP contribution is -2.09. The molecule has 0 heterocycles. The van der Waals surface area contributed by atoms with E-state index in [2.05, 4.69) is 29.2 Å². The van der Waals surface area contributed by atoms with Crippen LogP contribution in [0.15, 0.2) is 103 Å². The second-order valence-corrected chi connectivity index (χ2v) is 6.44. The quantitative estimate of drug-likeness (QED) is 0.363. The van der Waals surface area contributed by atoms with E-state index in [-0.39, 0.29) is 0 Å². The Balaban J connectivity index is 1.75. The summed E-state index contributed by atoms with van der Waals surface area (Å²) in [7, 11) is 0. The van der Waals surface area contributed by atoms with E-state index in [1.54, 1.807) is 6.07 Å². The van der Waals surface area contributed by atoms with E-state index in [4.69, 9.17) is 0 Å². The molecule has 0 N–H and O–H groups in total. The second-order valence-electron chi connectivity index (χ2n) is 6.44. The molecule has 0 bridgehead atoms. The molecule has 0 atom stereocenters. The normalized spacial score (nSPS) is 10.5. The number of benzene rings is 4. The first-order valence-electron chi connectivity index (χ1n) is 9.01. The Morgan fingerprint density at radius 1 is 0.607 bits per heavy atom. The zero-order valence-corrected chi connectivity index (χ0v) is 15.1. The van der Waals surface area contributed by atoms with Crippen molar-refractivity contribution in [1.29, 1.82) is 0 Å². The van der Waals surface area contributed by atoms with Gasteiger partial charge in [-0.15, -0.1) is 0 Å². The molecule has 0 saturated carbocycles. The maximum absolute atomic E-state index is 13.8. The van der Waals surface area contributed by atoms with Gasteiger partial charge in [0.2, 0.25) is 0 Å². The van der Waals surface area contributed by atoms with Gasteiger partial charge >= 0.3 is 0 Å². The summed E-state index contributed by atoms with van der Waals surface area (Å²) in [4.78, 5) is 13.2. The molecule has 0 unspecified atom stereocenters. The van der Waals surface area contributed by atoms with Crippen molar-refractivity contribution in [3.8, 4) is 11.1 Å². The molecule has 0 spiro atoms. The highest BCUT2D eigenvalue weighted by Gasteiger charge is 2.12. The Morgan fingerprint density at radius 2 is 1.14 bits per heavy atom. The summed E-state index contributed by atoms with van der Waals surface area (Å²) in [6.45, 7) is 0. The minimum absolute atomic E-state index is 0.328. The third kappa shape index (κ3) is 3.69. The number of carbonyl (C=O) groups is 1. The maximum Gasteiger partial charge on any atom is 0.150 e. The van der Waals surface area contributed by atoms with Crippen LogP contribution in [0.2, 0.25) is 0 Å². The van der Waals surface area contributed by atoms with E-state index in [1.165, 1.54) is 12.1 Å². The van der Waals surface area contributed by atoms with E-state index in [1.807, 2.05) is 60.7 Å². The number of aldehydes is 1. The highest BCUT2D eigenvalue weighted by atomic mass is 19.1. The van der Waals surface area contributed by atoms with Gasteiger partial charge in [0.25, 0.3) is 0 Å². The van der Waals surface area contributed by atoms with E-state index in [9.17, 15) is 9.18 Å². The minimum Gasteiger partial charge on any atom is -0.311 e. The van der Waals surface area contributed by atoms with Gasteiger partial charge in [-0.1, -0.05) is 48.5 Å². The third-order valence-corrected chi connectivity index (χ3v) is 4.54. The van der Waals surface area contributed by atoms with Gasteiger partial charge in [0.05, 0.1) is 0 Å². The SMILES string of the molecule is O=Cc1cc(F)cc(-c2ccc(N(c3ccccc3)c3ccccc3)cc2)c1. The van der Waals surface area contributed by atoms with E-state index in [0.29, 0.717) is 17.4 Å². The third-order valence-electron chi connectivity index (χ3n) is 4.54. The Hall–Kier alpha value is -3.72. The molecule has 0 aliphatic heterocycles. The van der Waals surface area contributed by atoms with E-state index < -0.39 is 5.82 Å². The maximum atomic E-state index is 13.8. The molecule has 0 aromatic heterocycles. The van der Waals surface area contributed by atoms with E-state index >= 15 is 0 Å². The van der Waals surface area contributed by atoms with Crippen LogP contribution in [-0.4, -0.2) is 6.29 Å². The summed E-state index contributed by atoms with van der Waals surface area (Å²) in [6, 6.07) is 32.5. The molecule has 0 amide bonds. The van der Waals surface area contributed by atoms with Crippen molar-refractivity contribution < 1.29 is 9.18 Å². The summed E-state index contributed by atoms with van der Waals surface area (Å²) >= 11 is 0. The zero-order valence-electron chi connectivity index (χ0n) is 15.1. The lowest BCUT2D eigenvalue weighted by molar-refractivity contribution is 0.112. The smallest absolute Gasteiger partial charge is 0.150 e. The number of nitrogens with zero attached hydrogens (tertiary/aromatic N) is 1. The summed E-state index contributed by atoms with van der Waals surface area (Å²) in [5, 5.41) is 0. The molecule has 3 heteroatoms. The van der Waals surface area contributed by atoms with Gasteiger partial charge < -0.3 is 4.90 Å². The topological polar surface area (TPSA) is 20.3 Å².